The van der Waals surface area contributed by atoms with E-state index in [0.29, 0.717) is 25.4 Å². The second-order valence-electron chi connectivity index (χ2n) is 5.49. The van der Waals surface area contributed by atoms with Gasteiger partial charge in [-0.25, -0.2) is 4.79 Å². The topological polar surface area (TPSA) is 89.0 Å². The number of hydrogen-bond acceptors (Lipinski definition) is 6. The van der Waals surface area contributed by atoms with Gasteiger partial charge in [-0.2, -0.15) is 8.75 Å². The fraction of sp³-hybridized carbons (Fsp3) is 0.250. The first kappa shape index (κ1) is 15.0. The Morgan fingerprint density at radius 3 is 3.25 bits per heavy atom. The van der Waals surface area contributed by atoms with E-state index in [-0.39, 0.29) is 6.03 Å². The Balaban J connectivity index is 1.41. The highest BCUT2D eigenvalue weighted by atomic mass is 32.1. The standard InChI is InChI=1S/C16H15N5O2S/c22-16(18-7-10-2-1-3-14-15(10)21-24-20-14)19-12-6-11-9-23-5-4-13(11)17-8-12/h1-3,6,8H,4-5,7,9H2,(H2,18,19,22). The molecule has 2 N–H and O–H groups in total. The summed E-state index contributed by atoms with van der Waals surface area (Å²) in [6, 6.07) is 7.37. The minimum atomic E-state index is -0.284. The van der Waals surface area contributed by atoms with Gasteiger partial charge < -0.3 is 15.4 Å². The van der Waals surface area contributed by atoms with Crippen LogP contribution in [0.1, 0.15) is 16.8 Å². The molecule has 0 aliphatic carbocycles. The monoisotopic (exact) mass is 341 g/mol. The van der Waals surface area contributed by atoms with E-state index >= 15 is 0 Å². The number of rotatable bonds is 3. The summed E-state index contributed by atoms with van der Waals surface area (Å²) in [5, 5.41) is 5.64. The maximum Gasteiger partial charge on any atom is 0.319 e. The molecule has 0 atom stereocenters. The van der Waals surface area contributed by atoms with Crippen molar-refractivity contribution in [3.63, 3.8) is 0 Å². The lowest BCUT2D eigenvalue weighted by Crippen LogP contribution is -2.28. The molecule has 0 unspecified atom stereocenters. The maximum atomic E-state index is 12.1. The van der Waals surface area contributed by atoms with Crippen molar-refractivity contribution in [1.82, 2.24) is 19.0 Å². The fourth-order valence-corrected chi connectivity index (χ4v) is 3.23. The average Bonchev–Trinajstić information content (AvgIpc) is 3.09. The van der Waals surface area contributed by atoms with Crippen LogP contribution in [0, 0.1) is 0 Å². The summed E-state index contributed by atoms with van der Waals surface area (Å²) in [6.45, 7) is 1.62. The van der Waals surface area contributed by atoms with Gasteiger partial charge in [0.1, 0.15) is 11.0 Å². The van der Waals surface area contributed by atoms with Crippen LogP contribution in [-0.4, -0.2) is 26.4 Å². The Kier molecular flexibility index (Phi) is 4.06. The van der Waals surface area contributed by atoms with Crippen LogP contribution < -0.4 is 10.6 Å². The molecule has 1 aromatic carbocycles. The zero-order chi connectivity index (χ0) is 16.4. The van der Waals surface area contributed by atoms with Gasteiger partial charge in [0.15, 0.2) is 0 Å². The first-order valence-corrected chi connectivity index (χ1v) is 8.33. The number of hydrogen-bond donors (Lipinski definition) is 2. The molecule has 2 amide bonds. The van der Waals surface area contributed by atoms with Gasteiger partial charge in [-0.3, -0.25) is 4.98 Å². The predicted octanol–water partition coefficient (Wildman–Crippen LogP) is 2.48. The normalized spacial score (nSPS) is 13.5. The number of carbonyl (C=O) groups excluding carboxylic acids is 1. The van der Waals surface area contributed by atoms with Gasteiger partial charge in [-0.15, -0.1) is 0 Å². The van der Waals surface area contributed by atoms with Gasteiger partial charge in [-0.1, -0.05) is 12.1 Å². The molecule has 7 nitrogen and oxygen atoms in total. The Morgan fingerprint density at radius 2 is 2.29 bits per heavy atom. The van der Waals surface area contributed by atoms with Crippen molar-refractivity contribution in [3.05, 3.63) is 47.3 Å². The van der Waals surface area contributed by atoms with Crippen molar-refractivity contribution in [2.24, 2.45) is 0 Å². The smallest absolute Gasteiger partial charge is 0.319 e. The number of ether oxygens (including phenoxy) is 1. The van der Waals surface area contributed by atoms with Gasteiger partial charge in [0.05, 0.1) is 36.8 Å². The quantitative estimate of drug-likeness (QED) is 0.764. The summed E-state index contributed by atoms with van der Waals surface area (Å²) < 4.78 is 13.9. The van der Waals surface area contributed by atoms with Crippen molar-refractivity contribution in [2.75, 3.05) is 11.9 Å². The number of anilines is 1. The van der Waals surface area contributed by atoms with E-state index in [4.69, 9.17) is 4.74 Å². The zero-order valence-corrected chi connectivity index (χ0v) is 13.6. The lowest BCUT2D eigenvalue weighted by atomic mass is 10.1. The highest BCUT2D eigenvalue weighted by Gasteiger charge is 2.12. The van der Waals surface area contributed by atoms with E-state index in [1.54, 1.807) is 6.20 Å². The van der Waals surface area contributed by atoms with Crippen LogP contribution in [-0.2, 0) is 24.3 Å². The molecule has 24 heavy (non-hydrogen) atoms. The first-order valence-electron chi connectivity index (χ1n) is 7.60. The summed E-state index contributed by atoms with van der Waals surface area (Å²) in [4.78, 5) is 16.5. The molecule has 0 radical (unpaired) electrons. The zero-order valence-electron chi connectivity index (χ0n) is 12.8. The predicted molar refractivity (Wildman–Crippen MR) is 90.9 cm³/mol. The summed E-state index contributed by atoms with van der Waals surface area (Å²) >= 11 is 1.17. The highest BCUT2D eigenvalue weighted by Crippen LogP contribution is 2.19. The minimum absolute atomic E-state index is 0.284. The summed E-state index contributed by atoms with van der Waals surface area (Å²) in [5.74, 6) is 0. The van der Waals surface area contributed by atoms with Crippen molar-refractivity contribution >= 4 is 34.5 Å². The second kappa shape index (κ2) is 6.50. The van der Waals surface area contributed by atoms with Crippen LogP contribution in [0.3, 0.4) is 0 Å². The van der Waals surface area contributed by atoms with Crippen LogP contribution in [0.4, 0.5) is 10.5 Å². The lowest BCUT2D eigenvalue weighted by molar-refractivity contribution is 0.109. The first-order chi connectivity index (χ1) is 11.8. The average molecular weight is 341 g/mol. The molecule has 0 fully saturated rings. The Bertz CT molecular complexity index is 895. The molecule has 0 saturated carbocycles. The fourth-order valence-electron chi connectivity index (χ4n) is 2.66. The third kappa shape index (κ3) is 3.06. The Hall–Kier alpha value is -2.58. The Labute approximate surface area is 142 Å². The van der Waals surface area contributed by atoms with Crippen LogP contribution in [0.15, 0.2) is 30.5 Å². The second-order valence-corrected chi connectivity index (χ2v) is 6.02. The summed E-state index contributed by atoms with van der Waals surface area (Å²) in [7, 11) is 0. The Morgan fingerprint density at radius 1 is 1.33 bits per heavy atom. The van der Waals surface area contributed by atoms with Crippen LogP contribution in [0.2, 0.25) is 0 Å². The van der Waals surface area contributed by atoms with E-state index < -0.39 is 0 Å². The molecule has 2 aromatic heterocycles. The van der Waals surface area contributed by atoms with E-state index in [2.05, 4.69) is 24.4 Å². The number of carbonyl (C=O) groups is 1. The molecule has 3 aromatic rings. The number of amides is 2. The largest absolute Gasteiger partial charge is 0.376 e. The molecular formula is C16H15N5O2S. The van der Waals surface area contributed by atoms with Crippen LogP contribution in [0.25, 0.3) is 11.0 Å². The van der Waals surface area contributed by atoms with Crippen LogP contribution >= 0.6 is 11.7 Å². The third-order valence-electron chi connectivity index (χ3n) is 3.87. The van der Waals surface area contributed by atoms with Crippen molar-refractivity contribution in [2.45, 2.75) is 19.6 Å². The van der Waals surface area contributed by atoms with E-state index in [0.717, 1.165) is 34.3 Å². The molecule has 3 heterocycles. The molecule has 0 saturated heterocycles. The summed E-state index contributed by atoms with van der Waals surface area (Å²) in [6.07, 6.45) is 2.49. The number of aromatic nitrogens is 3. The molecule has 8 heteroatoms. The number of pyridine rings is 1. The van der Waals surface area contributed by atoms with E-state index in [1.165, 1.54) is 11.7 Å². The van der Waals surface area contributed by atoms with Gasteiger partial charge in [0.25, 0.3) is 0 Å². The number of benzene rings is 1. The molecule has 0 bridgehead atoms. The third-order valence-corrected chi connectivity index (χ3v) is 4.41. The lowest BCUT2D eigenvalue weighted by Gasteiger charge is -2.16. The van der Waals surface area contributed by atoms with Crippen LogP contribution in [0.5, 0.6) is 0 Å². The van der Waals surface area contributed by atoms with Gasteiger partial charge >= 0.3 is 6.03 Å². The highest BCUT2D eigenvalue weighted by molar-refractivity contribution is 7.00. The van der Waals surface area contributed by atoms with Crippen molar-refractivity contribution in [1.29, 1.82) is 0 Å². The van der Waals surface area contributed by atoms with Gasteiger partial charge in [0, 0.05) is 29.8 Å². The van der Waals surface area contributed by atoms with E-state index in [1.807, 2.05) is 24.3 Å². The number of nitrogens with one attached hydrogen (secondary N) is 2. The van der Waals surface area contributed by atoms with Gasteiger partial charge in [0.2, 0.25) is 0 Å². The molecule has 1 aliphatic heterocycles. The molecule has 122 valence electrons. The molecule has 0 spiro atoms. The maximum absolute atomic E-state index is 12.1. The molecular weight excluding hydrogens is 326 g/mol. The molecule has 4 rings (SSSR count). The molecule has 1 aliphatic rings. The van der Waals surface area contributed by atoms with Crippen molar-refractivity contribution in [3.8, 4) is 0 Å². The number of fused-ring (bicyclic) bond motifs is 2. The van der Waals surface area contributed by atoms with Crippen molar-refractivity contribution < 1.29 is 9.53 Å². The van der Waals surface area contributed by atoms with E-state index in [9.17, 15) is 4.79 Å². The van der Waals surface area contributed by atoms with Gasteiger partial charge in [-0.05, 0) is 12.1 Å². The summed E-state index contributed by atoms with van der Waals surface area (Å²) in [5.41, 5.74) is 5.33. The number of nitrogens with zero attached hydrogens (tertiary/aromatic N) is 3. The minimum Gasteiger partial charge on any atom is -0.376 e. The SMILES string of the molecule is O=C(NCc1cccc2nsnc12)Nc1cnc2c(c1)COCC2. The number of urea groups is 1.